The Kier molecular flexibility index (Phi) is 6.50. The molecule has 4 rings (SSSR count). The van der Waals surface area contributed by atoms with Crippen molar-refractivity contribution < 1.29 is 14.4 Å². The third-order valence-corrected chi connectivity index (χ3v) is 6.44. The molecular formula is C26H30ClN3O3. The summed E-state index contributed by atoms with van der Waals surface area (Å²) in [6.45, 7) is 7.90. The Morgan fingerprint density at radius 1 is 1.24 bits per heavy atom. The lowest BCUT2D eigenvalue weighted by Crippen LogP contribution is -2.42. The van der Waals surface area contributed by atoms with Crippen LogP contribution in [0.5, 0.6) is 5.75 Å². The highest BCUT2D eigenvalue weighted by Gasteiger charge is 2.38. The van der Waals surface area contributed by atoms with Crippen molar-refractivity contribution in [3.05, 3.63) is 76.7 Å². The van der Waals surface area contributed by atoms with E-state index in [1.165, 1.54) is 0 Å². The van der Waals surface area contributed by atoms with Crippen LogP contribution in [-0.4, -0.2) is 41.5 Å². The summed E-state index contributed by atoms with van der Waals surface area (Å²) in [7, 11) is 1.60. The number of hydroxylamine groups is 1. The van der Waals surface area contributed by atoms with Crippen molar-refractivity contribution >= 4 is 23.1 Å². The Bertz CT molecular complexity index is 1080. The monoisotopic (exact) mass is 467 g/mol. The Morgan fingerprint density at radius 2 is 2.00 bits per heavy atom. The van der Waals surface area contributed by atoms with Gasteiger partial charge < -0.3 is 9.64 Å². The number of allylic oxidation sites excluding steroid dienone is 1. The lowest BCUT2D eigenvalue weighted by atomic mass is 9.90. The van der Waals surface area contributed by atoms with E-state index in [1.807, 2.05) is 36.5 Å². The topological polar surface area (TPSA) is 63.7 Å². The molecule has 0 aliphatic carbocycles. The molecule has 1 aromatic heterocycles. The molecule has 1 fully saturated rings. The van der Waals surface area contributed by atoms with Crippen LogP contribution in [0.4, 0.5) is 0 Å². The third-order valence-electron chi connectivity index (χ3n) is 6.13. The first kappa shape index (κ1) is 23.3. The number of piperidine rings is 1. The van der Waals surface area contributed by atoms with Gasteiger partial charge in [0.25, 0.3) is 0 Å². The Balaban J connectivity index is 1.36. The predicted octanol–water partition coefficient (Wildman–Crippen LogP) is 5.15. The van der Waals surface area contributed by atoms with Gasteiger partial charge in [-0.2, -0.15) is 0 Å². The molecule has 0 atom stereocenters. The maximum atomic E-state index is 12.6. The van der Waals surface area contributed by atoms with Gasteiger partial charge in [-0.25, -0.2) is 0 Å². The van der Waals surface area contributed by atoms with E-state index in [0.717, 1.165) is 42.9 Å². The molecule has 7 heteroatoms. The summed E-state index contributed by atoms with van der Waals surface area (Å²) in [5, 5.41) is 0.575. The van der Waals surface area contributed by atoms with Gasteiger partial charge in [-0.1, -0.05) is 38.4 Å². The predicted molar refractivity (Wildman–Crippen MR) is 130 cm³/mol. The standard InChI is InChI=1S/C26H30ClN3O3/c1-25(2,3)24-8-6-19(17-28-24)22(31)9-12-30-13-10-26(11-14-30)16-21(29-33-26)18-5-7-20(27)23(15-18)32-4/h5-9,12,15-17,29H,10-11,13-14H2,1-4H3. The van der Waals surface area contributed by atoms with Crippen LogP contribution in [0, 0.1) is 0 Å². The molecule has 3 heterocycles. The number of hydrogen-bond acceptors (Lipinski definition) is 6. The van der Waals surface area contributed by atoms with Crippen molar-refractivity contribution in [3.63, 3.8) is 0 Å². The Morgan fingerprint density at radius 3 is 2.64 bits per heavy atom. The number of ether oxygens (including phenoxy) is 1. The van der Waals surface area contributed by atoms with Gasteiger partial charge >= 0.3 is 0 Å². The van der Waals surface area contributed by atoms with Crippen molar-refractivity contribution in [2.24, 2.45) is 0 Å². The average molecular weight is 468 g/mol. The van der Waals surface area contributed by atoms with E-state index in [2.05, 4.69) is 42.2 Å². The van der Waals surface area contributed by atoms with Crippen LogP contribution in [0.1, 0.15) is 55.2 Å². The highest BCUT2D eigenvalue weighted by Crippen LogP contribution is 2.36. The zero-order chi connectivity index (χ0) is 23.6. The maximum Gasteiger partial charge on any atom is 0.188 e. The van der Waals surface area contributed by atoms with Crippen LogP contribution in [0.25, 0.3) is 5.70 Å². The fraction of sp³-hybridized carbons (Fsp3) is 0.385. The lowest BCUT2D eigenvalue weighted by molar-refractivity contribution is -0.0639. The lowest BCUT2D eigenvalue weighted by Gasteiger charge is -2.36. The number of rotatable bonds is 5. The first-order chi connectivity index (χ1) is 15.7. The number of carbonyl (C=O) groups is 1. The van der Waals surface area contributed by atoms with Gasteiger partial charge in [-0.3, -0.25) is 20.1 Å². The zero-order valence-corrected chi connectivity index (χ0v) is 20.3. The molecule has 0 unspecified atom stereocenters. The molecule has 0 amide bonds. The van der Waals surface area contributed by atoms with Gasteiger partial charge in [0.15, 0.2) is 5.78 Å². The number of hydrogen-bond donors (Lipinski definition) is 1. The van der Waals surface area contributed by atoms with E-state index in [9.17, 15) is 4.79 Å². The minimum absolute atomic E-state index is 0.0354. The normalized spacial score (nSPS) is 17.8. The first-order valence-corrected chi connectivity index (χ1v) is 11.5. The zero-order valence-electron chi connectivity index (χ0n) is 19.5. The fourth-order valence-electron chi connectivity index (χ4n) is 4.00. The van der Waals surface area contributed by atoms with Gasteiger partial charge in [0.2, 0.25) is 0 Å². The van der Waals surface area contributed by atoms with E-state index >= 15 is 0 Å². The molecular weight excluding hydrogens is 438 g/mol. The second-order valence-corrected chi connectivity index (χ2v) is 9.98. The van der Waals surface area contributed by atoms with Gasteiger partial charge in [-0.15, -0.1) is 0 Å². The van der Waals surface area contributed by atoms with E-state index in [4.69, 9.17) is 21.2 Å². The van der Waals surface area contributed by atoms with Crippen molar-refractivity contribution in [1.82, 2.24) is 15.4 Å². The van der Waals surface area contributed by atoms with Crippen molar-refractivity contribution in [2.75, 3.05) is 20.2 Å². The van der Waals surface area contributed by atoms with Crippen molar-refractivity contribution in [2.45, 2.75) is 44.6 Å². The highest BCUT2D eigenvalue weighted by molar-refractivity contribution is 6.32. The van der Waals surface area contributed by atoms with Crippen LogP contribution in [-0.2, 0) is 10.3 Å². The molecule has 6 nitrogen and oxygen atoms in total. The number of benzene rings is 1. The molecule has 33 heavy (non-hydrogen) atoms. The number of ketones is 1. The SMILES string of the molecule is COc1cc(C2=CC3(CCN(C=CC(=O)c4ccc(C(C)(C)C)nc4)CC3)ON2)ccc1Cl. The summed E-state index contributed by atoms with van der Waals surface area (Å²) in [5.41, 5.74) is 6.13. The van der Waals surface area contributed by atoms with Gasteiger partial charge in [-0.05, 0) is 30.3 Å². The Hall–Kier alpha value is -2.83. The highest BCUT2D eigenvalue weighted by atomic mass is 35.5. The van der Waals surface area contributed by atoms with E-state index in [0.29, 0.717) is 16.3 Å². The van der Waals surface area contributed by atoms with Crippen LogP contribution in [0.3, 0.4) is 0 Å². The molecule has 174 valence electrons. The van der Waals surface area contributed by atoms with Gasteiger partial charge in [0, 0.05) is 66.6 Å². The summed E-state index contributed by atoms with van der Waals surface area (Å²) in [4.78, 5) is 25.2. The molecule has 0 bridgehead atoms. The molecule has 2 aliphatic heterocycles. The molecule has 0 saturated carbocycles. The van der Waals surface area contributed by atoms with E-state index in [1.54, 1.807) is 19.4 Å². The third kappa shape index (κ3) is 5.23. The number of likely N-dealkylation sites (tertiary alicyclic amines) is 1. The summed E-state index contributed by atoms with van der Waals surface area (Å²) in [6, 6.07) is 9.44. The molecule has 1 spiro atoms. The summed E-state index contributed by atoms with van der Waals surface area (Å²) < 4.78 is 5.32. The van der Waals surface area contributed by atoms with E-state index < -0.39 is 0 Å². The number of methoxy groups -OCH3 is 1. The number of carbonyl (C=O) groups excluding carboxylic acids is 1. The number of aromatic nitrogens is 1. The average Bonchev–Trinajstić information content (AvgIpc) is 3.22. The summed E-state index contributed by atoms with van der Waals surface area (Å²) in [6.07, 6.45) is 8.94. The van der Waals surface area contributed by atoms with Gasteiger partial charge in [0.05, 0.1) is 17.8 Å². The van der Waals surface area contributed by atoms with Crippen molar-refractivity contribution in [3.8, 4) is 5.75 Å². The largest absolute Gasteiger partial charge is 0.495 e. The number of pyridine rings is 1. The minimum Gasteiger partial charge on any atom is -0.495 e. The number of nitrogens with zero attached hydrogens (tertiary/aromatic N) is 2. The molecule has 1 saturated heterocycles. The van der Waals surface area contributed by atoms with Crippen LogP contribution < -0.4 is 10.2 Å². The molecule has 2 aliphatic rings. The molecule has 1 aromatic carbocycles. The fourth-order valence-corrected chi connectivity index (χ4v) is 4.19. The van der Waals surface area contributed by atoms with E-state index in [-0.39, 0.29) is 16.8 Å². The van der Waals surface area contributed by atoms with Crippen LogP contribution in [0.15, 0.2) is 54.9 Å². The first-order valence-electron chi connectivity index (χ1n) is 11.1. The van der Waals surface area contributed by atoms with Gasteiger partial charge in [0.1, 0.15) is 11.4 Å². The number of halogens is 1. The Labute approximate surface area is 200 Å². The van der Waals surface area contributed by atoms with Crippen LogP contribution in [0.2, 0.25) is 5.02 Å². The molecule has 2 aromatic rings. The van der Waals surface area contributed by atoms with Crippen molar-refractivity contribution in [1.29, 1.82) is 0 Å². The second kappa shape index (κ2) is 9.20. The maximum absolute atomic E-state index is 12.6. The summed E-state index contributed by atoms with van der Waals surface area (Å²) in [5.74, 6) is 0.589. The second-order valence-electron chi connectivity index (χ2n) is 9.57. The van der Waals surface area contributed by atoms with Crippen LogP contribution >= 0.6 is 11.6 Å². The molecule has 1 N–H and O–H groups in total. The summed E-state index contributed by atoms with van der Waals surface area (Å²) >= 11 is 6.14. The smallest absolute Gasteiger partial charge is 0.188 e. The molecule has 0 radical (unpaired) electrons. The minimum atomic E-state index is -0.358. The number of nitrogens with one attached hydrogen (secondary N) is 1. The quantitative estimate of drug-likeness (QED) is 0.484.